The van der Waals surface area contributed by atoms with Crippen molar-refractivity contribution in [2.45, 2.75) is 13.5 Å². The molecule has 0 aliphatic carbocycles. The first kappa shape index (κ1) is 12.3. The molecule has 4 aromatic rings. The van der Waals surface area contributed by atoms with Crippen LogP contribution in [0.5, 0.6) is 0 Å². The molecule has 3 heterocycles. The van der Waals surface area contributed by atoms with E-state index in [0.717, 1.165) is 22.0 Å². The summed E-state index contributed by atoms with van der Waals surface area (Å²) in [6.45, 7) is 2.63. The molecule has 0 spiro atoms. The van der Waals surface area contributed by atoms with Crippen LogP contribution in [0.3, 0.4) is 0 Å². The summed E-state index contributed by atoms with van der Waals surface area (Å²) in [6.07, 6.45) is 1.61. The van der Waals surface area contributed by atoms with E-state index in [0.29, 0.717) is 11.9 Å². The van der Waals surface area contributed by atoms with Crippen molar-refractivity contribution >= 4 is 33.1 Å². The number of hydrogen-bond donors (Lipinski definition) is 1. The fourth-order valence-electron chi connectivity index (χ4n) is 2.78. The average molecular weight is 295 g/mol. The summed E-state index contributed by atoms with van der Waals surface area (Å²) in [6, 6.07) is 10.4. The van der Waals surface area contributed by atoms with Crippen molar-refractivity contribution < 1.29 is 0 Å². The summed E-state index contributed by atoms with van der Waals surface area (Å²) in [4.78, 5) is 13.7. The summed E-state index contributed by atoms with van der Waals surface area (Å²) in [5, 5.41) is 10.7. The number of hydrogen-bond acceptors (Lipinski definition) is 3. The number of rotatable bonds is 2. The lowest BCUT2D eigenvalue weighted by Gasteiger charge is -2.10. The van der Waals surface area contributed by atoms with Crippen LogP contribution in [-0.2, 0) is 6.54 Å². The second kappa shape index (κ2) is 4.56. The predicted octanol–water partition coefficient (Wildman–Crippen LogP) is 3.63. The Morgan fingerprint density at radius 3 is 2.95 bits per heavy atom. The molecule has 5 heteroatoms. The van der Waals surface area contributed by atoms with Crippen LogP contribution in [-0.4, -0.2) is 14.8 Å². The molecule has 21 heavy (non-hydrogen) atoms. The number of aromatic amines is 1. The van der Waals surface area contributed by atoms with Crippen LogP contribution in [0.25, 0.3) is 32.2 Å². The standard InChI is InChI=1S/C16H13N3OS/c1-2-19-13-8-10(14-4-3-7-21-14)5-6-11(13)15-12(16(19)20)9-17-18-15/h3-9H,2H2,1H3,(H,17,18). The van der Waals surface area contributed by atoms with Gasteiger partial charge in [0.1, 0.15) is 0 Å². The van der Waals surface area contributed by atoms with E-state index in [1.54, 1.807) is 17.5 Å². The third-order valence-corrected chi connectivity index (χ3v) is 4.71. The Morgan fingerprint density at radius 2 is 2.19 bits per heavy atom. The maximum atomic E-state index is 12.5. The molecule has 0 saturated carbocycles. The highest BCUT2D eigenvalue weighted by molar-refractivity contribution is 7.13. The van der Waals surface area contributed by atoms with Crippen LogP contribution in [0.4, 0.5) is 0 Å². The maximum Gasteiger partial charge on any atom is 0.262 e. The van der Waals surface area contributed by atoms with Gasteiger partial charge in [-0.05, 0) is 30.0 Å². The Balaban J connectivity index is 2.15. The monoisotopic (exact) mass is 295 g/mol. The zero-order valence-electron chi connectivity index (χ0n) is 11.5. The van der Waals surface area contributed by atoms with E-state index >= 15 is 0 Å². The van der Waals surface area contributed by atoms with E-state index in [9.17, 15) is 4.79 Å². The molecule has 4 nitrogen and oxygen atoms in total. The number of thiophene rings is 1. The minimum Gasteiger partial charge on any atom is -0.308 e. The largest absolute Gasteiger partial charge is 0.308 e. The molecule has 0 atom stereocenters. The second-order valence-electron chi connectivity index (χ2n) is 4.92. The van der Waals surface area contributed by atoms with E-state index in [4.69, 9.17) is 0 Å². The Morgan fingerprint density at radius 1 is 1.29 bits per heavy atom. The minimum atomic E-state index is 0.0112. The lowest BCUT2D eigenvalue weighted by atomic mass is 10.1. The number of nitrogens with one attached hydrogen (secondary N) is 1. The van der Waals surface area contributed by atoms with Crippen molar-refractivity contribution in [3.63, 3.8) is 0 Å². The average Bonchev–Trinajstić information content (AvgIpc) is 3.19. The molecule has 0 aliphatic rings. The molecule has 0 fully saturated rings. The SMILES string of the molecule is CCn1c(=O)c2cn[nH]c2c2ccc(-c3cccs3)cc21. The van der Waals surface area contributed by atoms with Crippen LogP contribution in [0.2, 0.25) is 0 Å². The highest BCUT2D eigenvalue weighted by atomic mass is 32.1. The molecule has 1 N–H and O–H groups in total. The molecule has 0 radical (unpaired) electrons. The Kier molecular flexibility index (Phi) is 2.68. The van der Waals surface area contributed by atoms with Crippen molar-refractivity contribution in [2.24, 2.45) is 0 Å². The maximum absolute atomic E-state index is 12.5. The zero-order valence-corrected chi connectivity index (χ0v) is 12.3. The Bertz CT molecular complexity index is 996. The van der Waals surface area contributed by atoms with Gasteiger partial charge in [-0.2, -0.15) is 5.10 Å². The first-order chi connectivity index (χ1) is 10.3. The van der Waals surface area contributed by atoms with Crippen molar-refractivity contribution in [1.29, 1.82) is 0 Å². The van der Waals surface area contributed by atoms with Gasteiger partial charge in [-0.3, -0.25) is 9.89 Å². The van der Waals surface area contributed by atoms with Crippen LogP contribution in [0.15, 0.2) is 46.7 Å². The molecular weight excluding hydrogens is 282 g/mol. The Hall–Kier alpha value is -2.40. The van der Waals surface area contributed by atoms with E-state index in [1.807, 2.05) is 17.6 Å². The van der Waals surface area contributed by atoms with E-state index in [2.05, 4.69) is 39.8 Å². The third-order valence-electron chi connectivity index (χ3n) is 3.79. The number of H-pyrrole nitrogens is 1. The quantitative estimate of drug-likeness (QED) is 0.614. The van der Waals surface area contributed by atoms with Gasteiger partial charge in [0.15, 0.2) is 0 Å². The van der Waals surface area contributed by atoms with Crippen molar-refractivity contribution in [3.05, 3.63) is 52.3 Å². The van der Waals surface area contributed by atoms with Crippen LogP contribution in [0, 0.1) is 0 Å². The summed E-state index contributed by atoms with van der Waals surface area (Å²) >= 11 is 1.70. The smallest absolute Gasteiger partial charge is 0.262 e. The van der Waals surface area contributed by atoms with Gasteiger partial charge >= 0.3 is 0 Å². The normalized spacial score (nSPS) is 11.5. The minimum absolute atomic E-state index is 0.0112. The predicted molar refractivity (Wildman–Crippen MR) is 86.8 cm³/mol. The molecule has 0 bridgehead atoms. The first-order valence-corrected chi connectivity index (χ1v) is 7.71. The van der Waals surface area contributed by atoms with Gasteiger partial charge in [0.05, 0.1) is 22.6 Å². The lowest BCUT2D eigenvalue weighted by Crippen LogP contribution is -2.19. The van der Waals surface area contributed by atoms with Gasteiger partial charge in [0.2, 0.25) is 0 Å². The van der Waals surface area contributed by atoms with Gasteiger partial charge in [-0.15, -0.1) is 11.3 Å². The van der Waals surface area contributed by atoms with Gasteiger partial charge in [-0.25, -0.2) is 0 Å². The molecule has 0 saturated heterocycles. The Labute approximate surface area is 124 Å². The molecule has 0 aliphatic heterocycles. The highest BCUT2D eigenvalue weighted by Gasteiger charge is 2.12. The second-order valence-corrected chi connectivity index (χ2v) is 5.87. The van der Waals surface area contributed by atoms with Crippen molar-refractivity contribution in [2.75, 3.05) is 0 Å². The van der Waals surface area contributed by atoms with Gasteiger partial charge in [-0.1, -0.05) is 18.2 Å². The van der Waals surface area contributed by atoms with Gasteiger partial charge in [0, 0.05) is 16.8 Å². The number of fused-ring (bicyclic) bond motifs is 3. The highest BCUT2D eigenvalue weighted by Crippen LogP contribution is 2.29. The summed E-state index contributed by atoms with van der Waals surface area (Å²) < 4.78 is 1.81. The lowest BCUT2D eigenvalue weighted by molar-refractivity contribution is 0.767. The van der Waals surface area contributed by atoms with Gasteiger partial charge in [0.25, 0.3) is 5.56 Å². The number of pyridine rings is 1. The molecular formula is C16H13N3OS. The zero-order chi connectivity index (χ0) is 14.4. The van der Waals surface area contributed by atoms with Crippen molar-refractivity contribution in [3.8, 4) is 10.4 Å². The number of nitrogens with zero attached hydrogens (tertiary/aromatic N) is 2. The number of aryl methyl sites for hydroxylation is 1. The summed E-state index contributed by atoms with van der Waals surface area (Å²) in [5.74, 6) is 0. The van der Waals surface area contributed by atoms with E-state index in [-0.39, 0.29) is 5.56 Å². The van der Waals surface area contributed by atoms with Crippen molar-refractivity contribution in [1.82, 2.24) is 14.8 Å². The molecule has 0 amide bonds. The van der Waals surface area contributed by atoms with Crippen LogP contribution < -0.4 is 5.56 Å². The number of benzene rings is 1. The fraction of sp³-hybridized carbons (Fsp3) is 0.125. The fourth-order valence-corrected chi connectivity index (χ4v) is 3.51. The number of aromatic nitrogens is 3. The molecule has 4 rings (SSSR count). The molecule has 104 valence electrons. The van der Waals surface area contributed by atoms with Crippen LogP contribution >= 0.6 is 11.3 Å². The van der Waals surface area contributed by atoms with E-state index in [1.165, 1.54) is 4.88 Å². The molecule has 0 unspecified atom stereocenters. The third kappa shape index (κ3) is 1.74. The topological polar surface area (TPSA) is 50.7 Å². The summed E-state index contributed by atoms with van der Waals surface area (Å²) in [5.41, 5.74) is 2.91. The molecule has 1 aromatic carbocycles. The van der Waals surface area contributed by atoms with Crippen LogP contribution in [0.1, 0.15) is 6.92 Å². The molecule has 3 aromatic heterocycles. The van der Waals surface area contributed by atoms with Gasteiger partial charge < -0.3 is 4.57 Å². The first-order valence-electron chi connectivity index (χ1n) is 6.83. The summed E-state index contributed by atoms with van der Waals surface area (Å²) in [7, 11) is 0. The van der Waals surface area contributed by atoms with E-state index < -0.39 is 0 Å².